The van der Waals surface area contributed by atoms with E-state index in [2.05, 4.69) is 5.16 Å². The minimum Gasteiger partial charge on any atom is -0.454 e. The second-order valence-electron chi connectivity index (χ2n) is 5.98. The van der Waals surface area contributed by atoms with Crippen LogP contribution in [-0.2, 0) is 11.3 Å². The van der Waals surface area contributed by atoms with Crippen molar-refractivity contribution in [1.29, 1.82) is 0 Å². The van der Waals surface area contributed by atoms with E-state index in [0.717, 1.165) is 10.9 Å². The topological polar surface area (TPSA) is 83.9 Å². The van der Waals surface area contributed by atoms with Gasteiger partial charge in [0.1, 0.15) is 17.9 Å². The molecule has 27 heavy (non-hydrogen) atoms. The molecule has 0 aliphatic carbocycles. The van der Waals surface area contributed by atoms with Crippen molar-refractivity contribution in [1.82, 2.24) is 5.16 Å². The van der Waals surface area contributed by atoms with Crippen LogP contribution in [-0.4, -0.2) is 17.9 Å². The molecule has 134 valence electrons. The number of para-hydroxylation sites is 1. The van der Waals surface area contributed by atoms with Gasteiger partial charge in [0.05, 0.1) is 0 Å². The van der Waals surface area contributed by atoms with Crippen molar-refractivity contribution in [3.05, 3.63) is 66.1 Å². The molecule has 1 aliphatic rings. The molecule has 3 heterocycles. The van der Waals surface area contributed by atoms with Crippen LogP contribution in [0.1, 0.15) is 16.2 Å². The van der Waals surface area contributed by atoms with Gasteiger partial charge in [-0.2, -0.15) is 0 Å². The third-order valence-electron chi connectivity index (χ3n) is 4.19. The van der Waals surface area contributed by atoms with Crippen LogP contribution in [0.3, 0.4) is 0 Å². The fourth-order valence-corrected chi connectivity index (χ4v) is 2.86. The van der Waals surface area contributed by atoms with Gasteiger partial charge in [-0.1, -0.05) is 23.4 Å². The Labute approximate surface area is 153 Å². The van der Waals surface area contributed by atoms with Gasteiger partial charge in [-0.3, -0.25) is 0 Å². The monoisotopic (exact) mass is 363 g/mol. The summed E-state index contributed by atoms with van der Waals surface area (Å²) in [4.78, 5) is 12.2. The first-order chi connectivity index (χ1) is 13.3. The third kappa shape index (κ3) is 2.89. The molecule has 0 saturated heterocycles. The van der Waals surface area contributed by atoms with Crippen molar-refractivity contribution in [2.45, 2.75) is 6.61 Å². The van der Waals surface area contributed by atoms with Gasteiger partial charge in [-0.05, 0) is 30.3 Å². The number of carbonyl (C=O) groups is 1. The summed E-state index contributed by atoms with van der Waals surface area (Å²) in [5.74, 6) is 1.48. The zero-order chi connectivity index (χ0) is 18.2. The van der Waals surface area contributed by atoms with Crippen molar-refractivity contribution >= 4 is 16.9 Å². The maximum Gasteiger partial charge on any atom is 0.374 e. The highest BCUT2D eigenvalue weighted by molar-refractivity contribution is 5.92. The number of fused-ring (bicyclic) bond motifs is 2. The number of hydrogen-bond donors (Lipinski definition) is 0. The number of aromatic nitrogens is 1. The Morgan fingerprint density at radius 3 is 2.85 bits per heavy atom. The van der Waals surface area contributed by atoms with Crippen LogP contribution in [0.2, 0.25) is 0 Å². The fourth-order valence-electron chi connectivity index (χ4n) is 2.86. The highest BCUT2D eigenvalue weighted by Gasteiger charge is 2.17. The summed E-state index contributed by atoms with van der Waals surface area (Å²) < 4.78 is 26.7. The quantitative estimate of drug-likeness (QED) is 0.503. The summed E-state index contributed by atoms with van der Waals surface area (Å²) in [5, 5.41) is 4.78. The highest BCUT2D eigenvalue weighted by Crippen LogP contribution is 2.36. The Kier molecular flexibility index (Phi) is 3.57. The molecule has 1 aliphatic heterocycles. The fraction of sp³-hybridized carbons (Fsp3) is 0.100. The number of rotatable bonds is 4. The summed E-state index contributed by atoms with van der Waals surface area (Å²) in [6.45, 7) is 0.183. The average Bonchev–Trinajstić information content (AvgIpc) is 3.44. The third-order valence-corrected chi connectivity index (χ3v) is 4.19. The molecule has 0 bridgehead atoms. The normalized spacial score (nSPS) is 12.4. The lowest BCUT2D eigenvalue weighted by atomic mass is 10.1. The van der Waals surface area contributed by atoms with Crippen LogP contribution < -0.4 is 9.47 Å². The number of carbonyl (C=O) groups excluding carboxylic acids is 1. The molecular weight excluding hydrogens is 350 g/mol. The second kappa shape index (κ2) is 6.21. The van der Waals surface area contributed by atoms with Gasteiger partial charge in [0.25, 0.3) is 0 Å². The molecule has 0 unspecified atom stereocenters. The Bertz CT molecular complexity index is 1110. The number of ether oxygens (including phenoxy) is 3. The number of nitrogens with zero attached hydrogens (tertiary/aromatic N) is 1. The first kappa shape index (κ1) is 15.5. The van der Waals surface area contributed by atoms with E-state index in [1.54, 1.807) is 18.2 Å². The van der Waals surface area contributed by atoms with Crippen molar-refractivity contribution < 1.29 is 27.9 Å². The molecule has 0 spiro atoms. The number of furan rings is 1. The molecule has 7 heteroatoms. The molecule has 0 saturated carbocycles. The summed E-state index contributed by atoms with van der Waals surface area (Å²) in [6.07, 6.45) is 0. The molecule has 0 amide bonds. The van der Waals surface area contributed by atoms with E-state index < -0.39 is 5.97 Å². The first-order valence-electron chi connectivity index (χ1n) is 8.27. The Morgan fingerprint density at radius 1 is 1.04 bits per heavy atom. The first-order valence-corrected chi connectivity index (χ1v) is 8.27. The van der Waals surface area contributed by atoms with Crippen LogP contribution in [0.15, 0.2) is 63.5 Å². The van der Waals surface area contributed by atoms with Crippen molar-refractivity contribution in [3.63, 3.8) is 0 Å². The van der Waals surface area contributed by atoms with E-state index in [1.807, 2.05) is 36.4 Å². The highest BCUT2D eigenvalue weighted by atomic mass is 16.7. The van der Waals surface area contributed by atoms with Gasteiger partial charge >= 0.3 is 5.97 Å². The molecule has 5 rings (SSSR count). The van der Waals surface area contributed by atoms with E-state index in [4.69, 9.17) is 23.2 Å². The van der Waals surface area contributed by atoms with E-state index in [0.29, 0.717) is 28.5 Å². The molecule has 0 radical (unpaired) electrons. The van der Waals surface area contributed by atoms with Gasteiger partial charge in [-0.15, -0.1) is 0 Å². The van der Waals surface area contributed by atoms with Gasteiger partial charge in [-0.25, -0.2) is 4.79 Å². The molecule has 4 aromatic rings. The Balaban J connectivity index is 1.28. The maximum atomic E-state index is 12.2. The smallest absolute Gasteiger partial charge is 0.374 e. The summed E-state index contributed by atoms with van der Waals surface area (Å²) >= 11 is 0. The SMILES string of the molecule is O=C(OCc1cc(-c2ccc3c(c2)OCO3)on1)c1cc2ccccc2o1. The number of benzene rings is 2. The molecular formula is C20H13NO6. The van der Waals surface area contributed by atoms with Crippen LogP contribution in [0.5, 0.6) is 11.5 Å². The average molecular weight is 363 g/mol. The number of hydrogen-bond acceptors (Lipinski definition) is 7. The molecule has 0 N–H and O–H groups in total. The van der Waals surface area contributed by atoms with Crippen LogP contribution in [0, 0.1) is 0 Å². The minimum atomic E-state index is -0.557. The zero-order valence-corrected chi connectivity index (χ0v) is 14.0. The van der Waals surface area contributed by atoms with E-state index in [-0.39, 0.29) is 19.2 Å². The van der Waals surface area contributed by atoms with Gasteiger partial charge in [0.2, 0.25) is 12.6 Å². The predicted octanol–water partition coefficient (Wildman–Crippen LogP) is 4.17. The van der Waals surface area contributed by atoms with Crippen molar-refractivity contribution in [3.8, 4) is 22.8 Å². The van der Waals surface area contributed by atoms with E-state index in [1.165, 1.54) is 0 Å². The van der Waals surface area contributed by atoms with E-state index >= 15 is 0 Å². The summed E-state index contributed by atoms with van der Waals surface area (Å²) in [5.41, 5.74) is 1.92. The molecule has 0 atom stereocenters. The second-order valence-corrected chi connectivity index (χ2v) is 5.98. The zero-order valence-electron chi connectivity index (χ0n) is 14.0. The lowest BCUT2D eigenvalue weighted by molar-refractivity contribution is 0.0430. The Hall–Kier alpha value is -3.74. The number of esters is 1. The lowest BCUT2D eigenvalue weighted by Crippen LogP contribution is -2.03. The van der Waals surface area contributed by atoms with Gasteiger partial charge in [0, 0.05) is 17.0 Å². The molecule has 2 aromatic heterocycles. The Morgan fingerprint density at radius 2 is 1.93 bits per heavy atom. The van der Waals surface area contributed by atoms with Crippen LogP contribution in [0.25, 0.3) is 22.3 Å². The predicted molar refractivity (Wildman–Crippen MR) is 93.4 cm³/mol. The molecule has 7 nitrogen and oxygen atoms in total. The van der Waals surface area contributed by atoms with Gasteiger partial charge < -0.3 is 23.2 Å². The van der Waals surface area contributed by atoms with Crippen molar-refractivity contribution in [2.24, 2.45) is 0 Å². The molecule has 0 fully saturated rings. The maximum absolute atomic E-state index is 12.2. The summed E-state index contributed by atoms with van der Waals surface area (Å²) in [7, 11) is 0. The minimum absolute atomic E-state index is 0.0239. The summed E-state index contributed by atoms with van der Waals surface area (Å²) in [6, 6.07) is 16.2. The lowest BCUT2D eigenvalue weighted by Gasteiger charge is -1.99. The van der Waals surface area contributed by atoms with Crippen LogP contribution in [0.4, 0.5) is 0 Å². The molecule has 2 aromatic carbocycles. The largest absolute Gasteiger partial charge is 0.454 e. The van der Waals surface area contributed by atoms with Crippen LogP contribution >= 0.6 is 0 Å². The van der Waals surface area contributed by atoms with Gasteiger partial charge in [0.15, 0.2) is 17.3 Å². The van der Waals surface area contributed by atoms with E-state index in [9.17, 15) is 4.79 Å². The van der Waals surface area contributed by atoms with Crippen molar-refractivity contribution in [2.75, 3.05) is 6.79 Å². The standard InChI is InChI=1S/C20H13NO6/c22-20(19-8-12-3-1-2-4-15(12)26-19)23-10-14-9-17(27-21-14)13-5-6-16-18(7-13)25-11-24-16/h1-9H,10-11H2.